The molecule has 17 heteroatoms. The van der Waals surface area contributed by atoms with Crippen molar-refractivity contribution < 1.29 is 76.5 Å². The minimum atomic E-state index is -1.96. The maximum Gasteiger partial charge on any atom is 0.338 e. The fourth-order valence-electron chi connectivity index (χ4n) is 8.41. The number of rotatable bonds is 18. The van der Waals surface area contributed by atoms with Gasteiger partial charge in [0.25, 0.3) is 0 Å². The third kappa shape index (κ3) is 13.7. The lowest BCUT2D eigenvalue weighted by molar-refractivity contribution is -0.335. The van der Waals surface area contributed by atoms with Gasteiger partial charge in [-0.15, -0.1) is 0 Å². The van der Waals surface area contributed by atoms with Crippen molar-refractivity contribution in [2.75, 3.05) is 13.2 Å². The highest BCUT2D eigenvalue weighted by atomic mass is 32.2. The van der Waals surface area contributed by atoms with E-state index in [0.29, 0.717) is 4.90 Å². The molecule has 2 fully saturated rings. The molecule has 0 aromatic heterocycles. The van der Waals surface area contributed by atoms with Gasteiger partial charge >= 0.3 is 35.8 Å². The number of benzene rings is 7. The van der Waals surface area contributed by atoms with E-state index in [-0.39, 0.29) is 33.4 Å². The highest BCUT2D eigenvalue weighted by Gasteiger charge is 2.57. The van der Waals surface area contributed by atoms with Gasteiger partial charge in [-0.25, -0.2) is 28.8 Å². The number of carbonyl (C=O) groups is 6. The van der Waals surface area contributed by atoms with Crippen LogP contribution in [0.15, 0.2) is 217 Å². The van der Waals surface area contributed by atoms with Crippen LogP contribution >= 0.6 is 11.8 Å². The number of aliphatic hydroxyl groups excluding tert-OH is 1. The first-order chi connectivity index (χ1) is 37.6. The third-order valence-corrected chi connectivity index (χ3v) is 13.4. The molecule has 16 nitrogen and oxygen atoms in total. The Morgan fingerprint density at radius 3 is 1.09 bits per heavy atom. The highest BCUT2D eigenvalue weighted by molar-refractivity contribution is 7.99. The topological polar surface area (TPSA) is 206 Å². The summed E-state index contributed by atoms with van der Waals surface area (Å²) in [5.74, 6) is -5.23. The molecule has 7 aromatic rings. The first kappa shape index (κ1) is 53.4. The molecule has 0 bridgehead atoms. The molecule has 77 heavy (non-hydrogen) atoms. The van der Waals surface area contributed by atoms with E-state index in [1.807, 2.05) is 0 Å². The number of thioether (sulfide) groups is 1. The summed E-state index contributed by atoms with van der Waals surface area (Å²) in [5, 5.41) is 12.3. The van der Waals surface area contributed by atoms with Crippen LogP contribution in [0.2, 0.25) is 0 Å². The summed E-state index contributed by atoms with van der Waals surface area (Å²) in [6, 6.07) is 56.7. The molecule has 10 atom stereocenters. The molecular weight excluding hydrogens is 1010 g/mol. The van der Waals surface area contributed by atoms with Crippen molar-refractivity contribution in [2.24, 2.45) is 0 Å². The van der Waals surface area contributed by atoms with E-state index in [1.165, 1.54) is 60.7 Å². The Hall–Kier alpha value is -8.45. The van der Waals surface area contributed by atoms with E-state index in [0.717, 1.165) is 11.8 Å². The number of carbonyl (C=O) groups excluding carboxylic acids is 6. The van der Waals surface area contributed by atoms with Crippen molar-refractivity contribution in [3.8, 4) is 0 Å². The number of aliphatic hydroxyl groups is 1. The lowest BCUT2D eigenvalue weighted by Crippen LogP contribution is -2.66. The average Bonchev–Trinajstić information content (AvgIpc) is 3.50. The lowest BCUT2D eigenvalue weighted by Gasteiger charge is -2.48. The van der Waals surface area contributed by atoms with Crippen molar-refractivity contribution in [3.05, 3.63) is 246 Å². The first-order valence-electron chi connectivity index (χ1n) is 24.4. The molecule has 1 unspecified atom stereocenters. The van der Waals surface area contributed by atoms with E-state index in [4.69, 9.17) is 42.6 Å². The monoisotopic (exact) mass is 1060 g/mol. The molecule has 0 aliphatic carbocycles. The summed E-state index contributed by atoms with van der Waals surface area (Å²) in [5.41, 5.74) is -0.554. The minimum Gasteiger partial charge on any atom is -0.459 e. The van der Waals surface area contributed by atoms with E-state index >= 15 is 0 Å². The molecule has 2 aliphatic rings. The van der Waals surface area contributed by atoms with Crippen molar-refractivity contribution in [1.82, 2.24) is 0 Å². The lowest BCUT2D eigenvalue weighted by atomic mass is 9.96. The third-order valence-electron chi connectivity index (χ3n) is 12.3. The predicted octanol–water partition coefficient (Wildman–Crippen LogP) is 8.59. The molecule has 392 valence electrons. The molecular formula is C60H50O16S. The van der Waals surface area contributed by atoms with Gasteiger partial charge in [0.1, 0.15) is 43.1 Å². The Balaban J connectivity index is 1.17. The van der Waals surface area contributed by atoms with Crippen molar-refractivity contribution in [3.63, 3.8) is 0 Å². The van der Waals surface area contributed by atoms with E-state index in [9.17, 15) is 33.9 Å². The zero-order valence-electron chi connectivity index (χ0n) is 40.9. The second kappa shape index (κ2) is 25.9. The van der Waals surface area contributed by atoms with Crippen LogP contribution in [-0.2, 0) is 42.6 Å². The second-order valence-corrected chi connectivity index (χ2v) is 18.7. The molecule has 2 heterocycles. The van der Waals surface area contributed by atoms with Gasteiger partial charge in [0.05, 0.1) is 33.4 Å². The van der Waals surface area contributed by atoms with Gasteiger partial charge in [0, 0.05) is 4.90 Å². The van der Waals surface area contributed by atoms with Crippen LogP contribution in [0.3, 0.4) is 0 Å². The van der Waals surface area contributed by atoms with Gasteiger partial charge in [-0.2, -0.15) is 0 Å². The van der Waals surface area contributed by atoms with Crippen LogP contribution in [0, 0.1) is 0 Å². The molecule has 0 spiro atoms. The molecule has 9 rings (SSSR count). The first-order valence-corrected chi connectivity index (χ1v) is 25.3. The van der Waals surface area contributed by atoms with Crippen LogP contribution in [0.25, 0.3) is 0 Å². The predicted molar refractivity (Wildman–Crippen MR) is 277 cm³/mol. The van der Waals surface area contributed by atoms with Gasteiger partial charge in [-0.05, 0) is 84.9 Å². The standard InChI is InChI=1S/C60H50O16S/c61-47-45(36-68-53(62)38-22-8-1-9-23-38)70-59(51(74-57(66)42-30-16-5-17-31-42)49(47)72-55(64)40-26-12-3-13-27-40)76-48-46(37-69-54(63)39-24-10-2-11-25-39)71-60(77-44-34-20-7-21-35-44)52(75-58(67)43-32-18-6-19-33-43)50(48)73-56(65)41-28-14-4-15-29-41/h1-35,45-52,59-61H,36-37H2/t45-,46-,47+,48-,49+,50+,51-,52-,59+,60?/m1/s1. The van der Waals surface area contributed by atoms with Crippen molar-refractivity contribution in [1.29, 1.82) is 0 Å². The molecule has 7 aromatic carbocycles. The maximum atomic E-state index is 14.5. The largest absolute Gasteiger partial charge is 0.459 e. The Morgan fingerprint density at radius 1 is 0.364 bits per heavy atom. The van der Waals surface area contributed by atoms with Gasteiger partial charge < -0.3 is 47.7 Å². The fourth-order valence-corrected chi connectivity index (χ4v) is 9.54. The zero-order valence-corrected chi connectivity index (χ0v) is 41.7. The minimum absolute atomic E-state index is 0.0443. The molecule has 1 N–H and O–H groups in total. The van der Waals surface area contributed by atoms with Crippen LogP contribution in [0.1, 0.15) is 62.1 Å². The van der Waals surface area contributed by atoms with Crippen LogP contribution < -0.4 is 0 Å². The quantitative estimate of drug-likeness (QED) is 0.0631. The normalized spacial score (nSPS) is 22.8. The summed E-state index contributed by atoms with van der Waals surface area (Å²) in [4.78, 5) is 85.0. The molecule has 2 aliphatic heterocycles. The number of ether oxygens (including phenoxy) is 9. The smallest absolute Gasteiger partial charge is 0.338 e. The zero-order chi connectivity index (χ0) is 53.5. The fraction of sp³-hybridized carbons (Fsp3) is 0.200. The number of esters is 6. The van der Waals surface area contributed by atoms with Crippen LogP contribution in [0.4, 0.5) is 0 Å². The number of hydrogen-bond donors (Lipinski definition) is 1. The second-order valence-electron chi connectivity index (χ2n) is 17.5. The van der Waals surface area contributed by atoms with Gasteiger partial charge in [-0.1, -0.05) is 139 Å². The summed E-state index contributed by atoms with van der Waals surface area (Å²) in [7, 11) is 0. The van der Waals surface area contributed by atoms with E-state index in [1.54, 1.807) is 152 Å². The van der Waals surface area contributed by atoms with Gasteiger partial charge in [0.15, 0.2) is 30.7 Å². The Labute approximate surface area is 446 Å². The highest BCUT2D eigenvalue weighted by Crippen LogP contribution is 2.40. The van der Waals surface area contributed by atoms with Gasteiger partial charge in [0.2, 0.25) is 0 Å². The SMILES string of the molecule is O=C(OC[C@H]1O[C@@H](O[C@H]2[C@H](OC(=O)c3ccccc3)[C@@H](OC(=O)c3ccccc3)C(Sc3ccccc3)O[C@@H]2COC(=O)c2ccccc2)[C@H](OC(=O)c2ccccc2)[C@@H](OC(=O)c2ccccc2)[C@H]1O)c1ccccc1. The maximum absolute atomic E-state index is 14.5. The average molecular weight is 1060 g/mol. The Morgan fingerprint density at radius 2 is 0.688 bits per heavy atom. The van der Waals surface area contributed by atoms with E-state index in [2.05, 4.69) is 0 Å². The van der Waals surface area contributed by atoms with Crippen molar-refractivity contribution in [2.45, 2.75) is 65.5 Å². The Bertz CT molecular complexity index is 3070. The molecule has 0 radical (unpaired) electrons. The van der Waals surface area contributed by atoms with Crippen molar-refractivity contribution >= 4 is 47.6 Å². The summed E-state index contributed by atoms with van der Waals surface area (Å²) in [6.45, 7) is -1.27. The van der Waals surface area contributed by atoms with Crippen LogP contribution in [0.5, 0.6) is 0 Å². The molecule has 0 amide bonds. The van der Waals surface area contributed by atoms with Crippen LogP contribution in [-0.4, -0.2) is 115 Å². The summed E-state index contributed by atoms with van der Waals surface area (Å²) >= 11 is 1.11. The van der Waals surface area contributed by atoms with E-state index < -0.39 is 110 Å². The van der Waals surface area contributed by atoms with Gasteiger partial charge in [-0.3, -0.25) is 0 Å². The summed E-state index contributed by atoms with van der Waals surface area (Å²) < 4.78 is 56.9. The number of hydrogen-bond acceptors (Lipinski definition) is 17. The summed E-state index contributed by atoms with van der Waals surface area (Å²) in [6.07, 6.45) is -15.6. The Kier molecular flexibility index (Phi) is 17.9. The molecule has 2 saturated heterocycles. The molecule has 0 saturated carbocycles.